The third-order valence-electron chi connectivity index (χ3n) is 2.48. The average Bonchev–Trinajstić information content (AvgIpc) is 2.67. The topological polar surface area (TPSA) is 55.6 Å². The molecule has 0 bridgehead atoms. The monoisotopic (exact) mass is 317 g/mol. The molecule has 0 fully saturated rings. The zero-order valence-corrected chi connectivity index (χ0v) is 13.1. The Hall–Kier alpha value is -0.980. The molecule has 19 heavy (non-hydrogen) atoms. The van der Waals surface area contributed by atoms with E-state index in [-0.39, 0.29) is 0 Å². The SMILES string of the molecule is CCNc1nc(Sc2nnc(C)n2C)c(Cl)cc1Cl. The van der Waals surface area contributed by atoms with Gasteiger partial charge in [0.05, 0.1) is 10.0 Å². The van der Waals surface area contributed by atoms with Crippen LogP contribution in [0.5, 0.6) is 0 Å². The van der Waals surface area contributed by atoms with Gasteiger partial charge in [-0.2, -0.15) is 0 Å². The summed E-state index contributed by atoms with van der Waals surface area (Å²) >= 11 is 13.6. The van der Waals surface area contributed by atoms with Crippen molar-refractivity contribution in [1.82, 2.24) is 19.7 Å². The van der Waals surface area contributed by atoms with E-state index < -0.39 is 0 Å². The molecule has 0 saturated carbocycles. The molecule has 5 nitrogen and oxygen atoms in total. The van der Waals surface area contributed by atoms with Gasteiger partial charge in [-0.3, -0.25) is 0 Å². The number of hydrogen-bond acceptors (Lipinski definition) is 5. The van der Waals surface area contributed by atoms with Crippen molar-refractivity contribution >= 4 is 40.8 Å². The molecular formula is C11H13Cl2N5S. The molecule has 0 spiro atoms. The predicted octanol–water partition coefficient (Wildman–Crippen LogP) is 3.41. The van der Waals surface area contributed by atoms with E-state index in [1.54, 1.807) is 6.07 Å². The predicted molar refractivity (Wildman–Crippen MR) is 78.3 cm³/mol. The fourth-order valence-electron chi connectivity index (χ4n) is 1.38. The van der Waals surface area contributed by atoms with Crippen LogP contribution in [-0.2, 0) is 7.05 Å². The van der Waals surface area contributed by atoms with Crippen LogP contribution in [0.15, 0.2) is 16.2 Å². The largest absolute Gasteiger partial charge is 0.369 e. The molecule has 0 saturated heterocycles. The van der Waals surface area contributed by atoms with Gasteiger partial charge in [-0.05, 0) is 31.7 Å². The molecule has 102 valence electrons. The molecule has 0 aliphatic carbocycles. The maximum absolute atomic E-state index is 6.16. The van der Waals surface area contributed by atoms with Crippen molar-refractivity contribution in [3.8, 4) is 0 Å². The Morgan fingerprint density at radius 2 is 2.05 bits per heavy atom. The molecule has 0 aliphatic rings. The van der Waals surface area contributed by atoms with Crippen LogP contribution in [0.3, 0.4) is 0 Å². The summed E-state index contributed by atoms with van der Waals surface area (Å²) in [6, 6.07) is 1.68. The zero-order chi connectivity index (χ0) is 14.0. The Labute approximate surface area is 125 Å². The maximum atomic E-state index is 6.16. The summed E-state index contributed by atoms with van der Waals surface area (Å²) in [6.07, 6.45) is 0. The molecule has 2 rings (SSSR count). The van der Waals surface area contributed by atoms with E-state index in [1.165, 1.54) is 11.8 Å². The van der Waals surface area contributed by atoms with Crippen molar-refractivity contribution in [1.29, 1.82) is 0 Å². The normalized spacial score (nSPS) is 10.8. The first-order valence-corrected chi connectivity index (χ1v) is 7.24. The molecule has 2 aromatic heterocycles. The van der Waals surface area contributed by atoms with E-state index in [4.69, 9.17) is 23.2 Å². The van der Waals surface area contributed by atoms with Gasteiger partial charge in [-0.1, -0.05) is 23.2 Å². The van der Waals surface area contributed by atoms with Gasteiger partial charge >= 0.3 is 0 Å². The number of nitrogens with zero attached hydrogens (tertiary/aromatic N) is 4. The third kappa shape index (κ3) is 3.13. The zero-order valence-electron chi connectivity index (χ0n) is 10.7. The molecule has 0 aliphatic heterocycles. The summed E-state index contributed by atoms with van der Waals surface area (Å²) in [6.45, 7) is 4.60. The Balaban J connectivity index is 2.34. The van der Waals surface area contributed by atoms with Crippen molar-refractivity contribution in [3.63, 3.8) is 0 Å². The number of anilines is 1. The molecule has 0 aromatic carbocycles. The smallest absolute Gasteiger partial charge is 0.197 e. The fraction of sp³-hybridized carbons (Fsp3) is 0.364. The lowest BCUT2D eigenvalue weighted by atomic mass is 10.4. The molecular weight excluding hydrogens is 305 g/mol. The van der Waals surface area contributed by atoms with Crippen molar-refractivity contribution < 1.29 is 0 Å². The number of hydrogen-bond donors (Lipinski definition) is 1. The first-order valence-electron chi connectivity index (χ1n) is 5.66. The minimum Gasteiger partial charge on any atom is -0.369 e. The van der Waals surface area contributed by atoms with Crippen LogP contribution in [0.2, 0.25) is 10.0 Å². The van der Waals surface area contributed by atoms with Crippen molar-refractivity contribution in [2.45, 2.75) is 24.0 Å². The van der Waals surface area contributed by atoms with Gasteiger partial charge in [0.1, 0.15) is 16.7 Å². The second-order valence-electron chi connectivity index (χ2n) is 3.83. The van der Waals surface area contributed by atoms with Crippen molar-refractivity contribution in [2.75, 3.05) is 11.9 Å². The van der Waals surface area contributed by atoms with Crippen molar-refractivity contribution in [2.24, 2.45) is 7.05 Å². The van der Waals surface area contributed by atoms with E-state index in [2.05, 4.69) is 20.5 Å². The number of nitrogens with one attached hydrogen (secondary N) is 1. The lowest BCUT2D eigenvalue weighted by Gasteiger charge is -2.09. The number of aromatic nitrogens is 4. The van der Waals surface area contributed by atoms with Gasteiger partial charge in [-0.15, -0.1) is 10.2 Å². The molecule has 2 aromatic rings. The number of aryl methyl sites for hydroxylation is 1. The summed E-state index contributed by atoms with van der Waals surface area (Å²) in [5.41, 5.74) is 0. The highest BCUT2D eigenvalue weighted by Crippen LogP contribution is 2.34. The number of halogens is 2. The summed E-state index contributed by atoms with van der Waals surface area (Å²) < 4.78 is 1.88. The first kappa shape index (κ1) is 14.4. The van der Waals surface area contributed by atoms with Gasteiger partial charge in [-0.25, -0.2) is 4.98 Å². The van der Waals surface area contributed by atoms with Gasteiger partial charge in [0.25, 0.3) is 0 Å². The van der Waals surface area contributed by atoms with Crippen LogP contribution in [0.4, 0.5) is 5.82 Å². The number of rotatable bonds is 4. The standard InChI is InChI=1S/C11H13Cl2N5S/c1-4-14-9-7(12)5-8(13)10(15-9)19-11-17-16-6(2)18(11)3/h5H,4H2,1-3H3,(H,14,15). The summed E-state index contributed by atoms with van der Waals surface area (Å²) in [4.78, 5) is 4.41. The number of pyridine rings is 1. The lowest BCUT2D eigenvalue weighted by molar-refractivity contribution is 0.764. The second-order valence-corrected chi connectivity index (χ2v) is 5.60. The highest BCUT2D eigenvalue weighted by molar-refractivity contribution is 7.99. The Bertz CT molecular complexity index is 599. The molecule has 1 N–H and O–H groups in total. The van der Waals surface area contributed by atoms with Crippen LogP contribution in [0, 0.1) is 6.92 Å². The maximum Gasteiger partial charge on any atom is 0.197 e. The van der Waals surface area contributed by atoms with E-state index >= 15 is 0 Å². The molecule has 0 amide bonds. The first-order chi connectivity index (χ1) is 9.02. The molecule has 0 radical (unpaired) electrons. The van der Waals surface area contributed by atoms with Crippen LogP contribution < -0.4 is 5.32 Å². The quantitative estimate of drug-likeness (QED) is 0.936. The van der Waals surface area contributed by atoms with Crippen LogP contribution in [-0.4, -0.2) is 26.3 Å². The summed E-state index contributed by atoms with van der Waals surface area (Å²) in [5.74, 6) is 1.45. The molecule has 2 heterocycles. The summed E-state index contributed by atoms with van der Waals surface area (Å²) in [5, 5.41) is 13.5. The van der Waals surface area contributed by atoms with E-state index in [9.17, 15) is 0 Å². The Morgan fingerprint density at radius 3 is 2.63 bits per heavy atom. The van der Waals surface area contributed by atoms with Crippen LogP contribution in [0.25, 0.3) is 0 Å². The van der Waals surface area contributed by atoms with Gasteiger partial charge in [0, 0.05) is 13.6 Å². The molecule has 8 heteroatoms. The van der Waals surface area contributed by atoms with E-state index in [1.807, 2.05) is 25.5 Å². The Kier molecular flexibility index (Phi) is 4.54. The van der Waals surface area contributed by atoms with Gasteiger partial charge in [0.2, 0.25) is 0 Å². The molecule has 0 atom stereocenters. The highest BCUT2D eigenvalue weighted by Gasteiger charge is 2.14. The minimum absolute atomic E-state index is 0.498. The van der Waals surface area contributed by atoms with Gasteiger partial charge in [0.15, 0.2) is 5.16 Å². The second kappa shape index (κ2) is 5.98. The lowest BCUT2D eigenvalue weighted by Crippen LogP contribution is -2.01. The van der Waals surface area contributed by atoms with Crippen molar-refractivity contribution in [3.05, 3.63) is 21.9 Å². The van der Waals surface area contributed by atoms with Crippen LogP contribution in [0.1, 0.15) is 12.7 Å². The van der Waals surface area contributed by atoms with E-state index in [0.717, 1.165) is 17.5 Å². The minimum atomic E-state index is 0.498. The highest BCUT2D eigenvalue weighted by atomic mass is 35.5. The third-order valence-corrected chi connectivity index (χ3v) is 4.21. The van der Waals surface area contributed by atoms with Crippen LogP contribution >= 0.6 is 35.0 Å². The Morgan fingerprint density at radius 1 is 1.32 bits per heavy atom. The molecule has 0 unspecified atom stereocenters. The summed E-state index contributed by atoms with van der Waals surface area (Å²) in [7, 11) is 1.90. The fourth-order valence-corrected chi connectivity index (χ4v) is 2.73. The van der Waals surface area contributed by atoms with E-state index in [0.29, 0.717) is 20.9 Å². The average molecular weight is 318 g/mol. The van der Waals surface area contributed by atoms with Gasteiger partial charge < -0.3 is 9.88 Å².